The van der Waals surface area contributed by atoms with E-state index in [4.69, 9.17) is 0 Å². The van der Waals surface area contributed by atoms with Gasteiger partial charge in [-0.3, -0.25) is 0 Å². The highest BCUT2D eigenvalue weighted by molar-refractivity contribution is 5.90. The predicted octanol–water partition coefficient (Wildman–Crippen LogP) is 2.54. The predicted molar refractivity (Wildman–Crippen MR) is 52.0 cm³/mol. The Bertz CT molecular complexity index is 411. The van der Waals surface area contributed by atoms with E-state index in [1.807, 2.05) is 0 Å². The van der Waals surface area contributed by atoms with Crippen LogP contribution in [0.1, 0.15) is 12.5 Å². The molecule has 1 aromatic carbocycles. The molecule has 0 saturated carbocycles. The molecule has 1 rings (SSSR count). The molecule has 0 aromatic heterocycles. The molecular weight excluding hydrogens is 202 g/mol. The van der Waals surface area contributed by atoms with Gasteiger partial charge in [-0.15, -0.1) is 0 Å². The second-order valence-electron chi connectivity index (χ2n) is 2.98. The van der Waals surface area contributed by atoms with Gasteiger partial charge in [-0.2, -0.15) is 0 Å². The Morgan fingerprint density at radius 3 is 2.53 bits per heavy atom. The van der Waals surface area contributed by atoms with Crippen LogP contribution in [0.4, 0.5) is 8.78 Å². The number of benzene rings is 1. The lowest BCUT2D eigenvalue weighted by molar-refractivity contribution is -0.134. The maximum atomic E-state index is 12.8. The van der Waals surface area contributed by atoms with Crippen LogP contribution >= 0.6 is 0 Å². The molecule has 0 unspecified atom stereocenters. The summed E-state index contributed by atoms with van der Waals surface area (Å²) < 4.78 is 29.9. The van der Waals surface area contributed by atoms with Crippen molar-refractivity contribution in [2.75, 3.05) is 7.11 Å². The largest absolute Gasteiger partial charge is 0.466 e. The van der Waals surface area contributed by atoms with Gasteiger partial charge in [-0.1, -0.05) is 6.07 Å². The van der Waals surface area contributed by atoms with Gasteiger partial charge in [-0.05, 0) is 30.2 Å². The molecule has 0 spiro atoms. The van der Waals surface area contributed by atoms with Crippen molar-refractivity contribution in [1.29, 1.82) is 0 Å². The number of halogens is 2. The summed E-state index contributed by atoms with van der Waals surface area (Å²) in [6, 6.07) is 3.44. The molecule has 0 N–H and O–H groups in total. The fourth-order valence-electron chi connectivity index (χ4n) is 1.06. The molecule has 0 aliphatic carbocycles. The second kappa shape index (κ2) is 4.68. The summed E-state index contributed by atoms with van der Waals surface area (Å²) in [7, 11) is 1.25. The summed E-state index contributed by atoms with van der Waals surface area (Å²) in [6.45, 7) is 1.61. The lowest BCUT2D eigenvalue weighted by Crippen LogP contribution is -1.96. The molecule has 0 heterocycles. The van der Waals surface area contributed by atoms with Gasteiger partial charge in [0.05, 0.1) is 7.11 Å². The first-order valence-corrected chi connectivity index (χ1v) is 4.26. The number of hydrogen-bond donors (Lipinski definition) is 0. The Morgan fingerprint density at radius 1 is 1.33 bits per heavy atom. The van der Waals surface area contributed by atoms with Crippen molar-refractivity contribution in [3.05, 3.63) is 41.5 Å². The van der Waals surface area contributed by atoms with Crippen LogP contribution in [-0.2, 0) is 9.53 Å². The van der Waals surface area contributed by atoms with E-state index in [0.29, 0.717) is 11.1 Å². The van der Waals surface area contributed by atoms with Gasteiger partial charge in [0.15, 0.2) is 11.6 Å². The third-order valence-corrected chi connectivity index (χ3v) is 1.91. The second-order valence-corrected chi connectivity index (χ2v) is 2.98. The average molecular weight is 212 g/mol. The van der Waals surface area contributed by atoms with Crippen LogP contribution in [0, 0.1) is 11.6 Å². The van der Waals surface area contributed by atoms with Crippen LogP contribution in [0.5, 0.6) is 0 Å². The first kappa shape index (κ1) is 11.4. The minimum absolute atomic E-state index is 0.444. The highest BCUT2D eigenvalue weighted by Gasteiger charge is 2.05. The Balaban J connectivity index is 3.01. The zero-order valence-corrected chi connectivity index (χ0v) is 8.38. The molecule has 0 atom stereocenters. The van der Waals surface area contributed by atoms with Gasteiger partial charge < -0.3 is 4.74 Å². The number of ether oxygens (including phenoxy) is 1. The molecule has 0 saturated heterocycles. The molecule has 0 radical (unpaired) electrons. The summed E-state index contributed by atoms with van der Waals surface area (Å²) in [5.41, 5.74) is 0.958. The van der Waals surface area contributed by atoms with E-state index in [9.17, 15) is 13.6 Å². The molecule has 80 valence electrons. The van der Waals surface area contributed by atoms with Gasteiger partial charge >= 0.3 is 5.97 Å². The SMILES string of the molecule is COC(=O)/C=C(/C)c1ccc(F)c(F)c1. The lowest BCUT2D eigenvalue weighted by Gasteiger charge is -2.01. The first-order chi connectivity index (χ1) is 7.04. The van der Waals surface area contributed by atoms with Gasteiger partial charge in [0.1, 0.15) is 0 Å². The Morgan fingerprint density at radius 2 is 2.00 bits per heavy atom. The van der Waals surface area contributed by atoms with E-state index < -0.39 is 17.6 Å². The minimum atomic E-state index is -0.940. The van der Waals surface area contributed by atoms with E-state index in [1.54, 1.807) is 6.92 Å². The Labute approximate surface area is 86.2 Å². The van der Waals surface area contributed by atoms with Crippen molar-refractivity contribution in [2.45, 2.75) is 6.92 Å². The normalized spacial score (nSPS) is 11.3. The quantitative estimate of drug-likeness (QED) is 0.556. The number of rotatable bonds is 2. The van der Waals surface area contributed by atoms with Crippen molar-refractivity contribution in [3.8, 4) is 0 Å². The van der Waals surface area contributed by atoms with Crippen LogP contribution in [-0.4, -0.2) is 13.1 Å². The smallest absolute Gasteiger partial charge is 0.330 e. The zero-order valence-electron chi connectivity index (χ0n) is 8.38. The van der Waals surface area contributed by atoms with E-state index in [2.05, 4.69) is 4.74 Å². The lowest BCUT2D eigenvalue weighted by atomic mass is 10.1. The topological polar surface area (TPSA) is 26.3 Å². The van der Waals surface area contributed by atoms with E-state index >= 15 is 0 Å². The Kier molecular flexibility index (Phi) is 3.55. The molecule has 0 bridgehead atoms. The highest BCUT2D eigenvalue weighted by atomic mass is 19.2. The van der Waals surface area contributed by atoms with Crippen molar-refractivity contribution >= 4 is 11.5 Å². The van der Waals surface area contributed by atoms with E-state index in [1.165, 1.54) is 19.3 Å². The maximum absolute atomic E-state index is 12.8. The summed E-state index contributed by atoms with van der Waals surface area (Å²) in [5.74, 6) is -2.38. The molecule has 0 aliphatic heterocycles. The summed E-state index contributed by atoms with van der Waals surface area (Å²) in [6.07, 6.45) is 1.21. The molecule has 1 aromatic rings. The standard InChI is InChI=1S/C11H10F2O2/c1-7(5-11(14)15-2)8-3-4-9(12)10(13)6-8/h3-6H,1-2H3/b7-5-. The minimum Gasteiger partial charge on any atom is -0.466 e. The fraction of sp³-hybridized carbons (Fsp3) is 0.182. The maximum Gasteiger partial charge on any atom is 0.330 e. The van der Waals surface area contributed by atoms with Gasteiger partial charge in [-0.25, -0.2) is 13.6 Å². The average Bonchev–Trinajstić information content (AvgIpc) is 2.21. The number of methoxy groups -OCH3 is 1. The van der Waals surface area contributed by atoms with Gasteiger partial charge in [0.2, 0.25) is 0 Å². The van der Waals surface area contributed by atoms with Crippen LogP contribution in [0.3, 0.4) is 0 Å². The van der Waals surface area contributed by atoms with E-state index in [-0.39, 0.29) is 0 Å². The molecule has 0 aliphatic rings. The Hall–Kier alpha value is -1.71. The highest BCUT2D eigenvalue weighted by Crippen LogP contribution is 2.16. The van der Waals surface area contributed by atoms with Crippen LogP contribution in [0.15, 0.2) is 24.3 Å². The van der Waals surface area contributed by atoms with E-state index in [0.717, 1.165) is 12.1 Å². The number of hydrogen-bond acceptors (Lipinski definition) is 2. The van der Waals surface area contributed by atoms with Crippen LogP contribution in [0.2, 0.25) is 0 Å². The monoisotopic (exact) mass is 212 g/mol. The van der Waals surface area contributed by atoms with Crippen molar-refractivity contribution in [2.24, 2.45) is 0 Å². The number of allylic oxidation sites excluding steroid dienone is 1. The zero-order chi connectivity index (χ0) is 11.4. The number of carbonyl (C=O) groups excluding carboxylic acids is 1. The van der Waals surface area contributed by atoms with Gasteiger partial charge in [0.25, 0.3) is 0 Å². The third-order valence-electron chi connectivity index (χ3n) is 1.91. The van der Waals surface area contributed by atoms with Crippen molar-refractivity contribution < 1.29 is 18.3 Å². The number of carbonyl (C=O) groups is 1. The third kappa shape index (κ3) is 2.87. The summed E-state index contributed by atoms with van der Waals surface area (Å²) in [5, 5.41) is 0. The van der Waals surface area contributed by atoms with Crippen LogP contribution in [0.25, 0.3) is 5.57 Å². The molecule has 0 fully saturated rings. The van der Waals surface area contributed by atoms with Crippen molar-refractivity contribution in [1.82, 2.24) is 0 Å². The summed E-state index contributed by atoms with van der Waals surface area (Å²) in [4.78, 5) is 10.9. The summed E-state index contributed by atoms with van der Waals surface area (Å²) >= 11 is 0. The molecule has 2 nitrogen and oxygen atoms in total. The molecular formula is C11H10F2O2. The first-order valence-electron chi connectivity index (χ1n) is 4.26. The van der Waals surface area contributed by atoms with Gasteiger partial charge in [0, 0.05) is 6.08 Å². The molecule has 0 amide bonds. The molecule has 15 heavy (non-hydrogen) atoms. The molecule has 4 heteroatoms. The van der Waals surface area contributed by atoms with Crippen molar-refractivity contribution in [3.63, 3.8) is 0 Å². The van der Waals surface area contributed by atoms with Crippen LogP contribution < -0.4 is 0 Å². The number of esters is 1. The fourth-order valence-corrected chi connectivity index (χ4v) is 1.06.